The predicted molar refractivity (Wildman–Crippen MR) is 67.8 cm³/mol. The number of nitrogens with zero attached hydrogens (tertiary/aromatic N) is 4. The molecule has 1 atom stereocenters. The Morgan fingerprint density at radius 3 is 2.65 bits per heavy atom. The van der Waals surface area contributed by atoms with Gasteiger partial charge >= 0.3 is 6.18 Å². The van der Waals surface area contributed by atoms with Crippen LogP contribution in [0.25, 0.3) is 11.4 Å². The zero-order valence-corrected chi connectivity index (χ0v) is 11.0. The number of hydrogen-bond acceptors (Lipinski definition) is 4. The fourth-order valence-corrected chi connectivity index (χ4v) is 2.07. The number of nitrogen functional groups attached to an aromatic ring is 1. The number of benzene rings is 1. The summed E-state index contributed by atoms with van der Waals surface area (Å²) in [7, 11) is 0. The minimum absolute atomic E-state index is 0.248. The number of aryl methyl sites for hydroxylation is 1. The summed E-state index contributed by atoms with van der Waals surface area (Å²) in [5.41, 5.74) is 7.68. The van der Waals surface area contributed by atoms with Gasteiger partial charge in [-0.05, 0) is 35.9 Å². The smallest absolute Gasteiger partial charge is 0.391 e. The van der Waals surface area contributed by atoms with E-state index in [9.17, 15) is 13.2 Å². The highest BCUT2D eigenvalue weighted by Crippen LogP contribution is 2.32. The highest BCUT2D eigenvalue weighted by Gasteiger charge is 2.32. The lowest BCUT2D eigenvalue weighted by Gasteiger charge is -2.16. The summed E-state index contributed by atoms with van der Waals surface area (Å²) < 4.78 is 38.6. The Morgan fingerprint density at radius 2 is 2.05 bits per heavy atom. The second-order valence-corrected chi connectivity index (χ2v) is 4.65. The van der Waals surface area contributed by atoms with Crippen LogP contribution in [-0.4, -0.2) is 26.4 Å². The van der Waals surface area contributed by atoms with Crippen molar-refractivity contribution in [2.45, 2.75) is 32.5 Å². The fraction of sp³-hybridized carbons (Fsp3) is 0.417. The Hall–Kier alpha value is -2.12. The first-order chi connectivity index (χ1) is 9.29. The van der Waals surface area contributed by atoms with E-state index in [1.54, 1.807) is 25.1 Å². The molecule has 0 aliphatic rings. The molecule has 2 aromatic rings. The van der Waals surface area contributed by atoms with E-state index in [2.05, 4.69) is 15.5 Å². The molecule has 5 nitrogen and oxygen atoms in total. The van der Waals surface area contributed by atoms with Gasteiger partial charge in [-0.25, -0.2) is 4.68 Å². The normalized spacial score (nSPS) is 13.4. The Kier molecular flexibility index (Phi) is 3.65. The van der Waals surface area contributed by atoms with E-state index in [-0.39, 0.29) is 5.82 Å². The molecule has 0 saturated carbocycles. The first kappa shape index (κ1) is 14.3. The molecule has 1 aromatic carbocycles. The van der Waals surface area contributed by atoms with Gasteiger partial charge in [0.2, 0.25) is 0 Å². The van der Waals surface area contributed by atoms with E-state index in [4.69, 9.17) is 5.73 Å². The zero-order chi connectivity index (χ0) is 14.9. The molecular weight excluding hydrogens is 271 g/mol. The quantitative estimate of drug-likeness (QED) is 0.880. The Labute approximate surface area is 113 Å². The molecule has 0 aliphatic heterocycles. The largest absolute Gasteiger partial charge is 0.398 e. The van der Waals surface area contributed by atoms with Crippen molar-refractivity contribution in [3.8, 4) is 11.4 Å². The lowest BCUT2D eigenvalue weighted by Crippen LogP contribution is -2.18. The molecule has 1 aromatic heterocycles. The van der Waals surface area contributed by atoms with Gasteiger partial charge in [0.05, 0.1) is 12.5 Å². The fourth-order valence-electron chi connectivity index (χ4n) is 2.07. The topological polar surface area (TPSA) is 69.6 Å². The van der Waals surface area contributed by atoms with E-state index < -0.39 is 18.6 Å². The van der Waals surface area contributed by atoms with Crippen molar-refractivity contribution in [2.24, 2.45) is 0 Å². The van der Waals surface area contributed by atoms with Crippen LogP contribution in [0.2, 0.25) is 0 Å². The molecule has 0 bridgehead atoms. The van der Waals surface area contributed by atoms with Crippen LogP contribution in [-0.2, 0) is 0 Å². The maximum atomic E-state index is 12.5. The van der Waals surface area contributed by atoms with E-state index >= 15 is 0 Å². The third-order valence-corrected chi connectivity index (χ3v) is 2.97. The first-order valence-electron chi connectivity index (χ1n) is 5.99. The molecule has 0 spiro atoms. The highest BCUT2D eigenvalue weighted by molar-refractivity contribution is 5.74. The van der Waals surface area contributed by atoms with Crippen LogP contribution in [0.5, 0.6) is 0 Å². The van der Waals surface area contributed by atoms with Gasteiger partial charge in [-0.1, -0.05) is 12.1 Å². The van der Waals surface area contributed by atoms with Crippen molar-refractivity contribution in [3.63, 3.8) is 0 Å². The van der Waals surface area contributed by atoms with Crippen molar-refractivity contribution in [1.82, 2.24) is 20.2 Å². The summed E-state index contributed by atoms with van der Waals surface area (Å²) in [6, 6.07) is 4.33. The molecule has 0 fully saturated rings. The van der Waals surface area contributed by atoms with Crippen LogP contribution < -0.4 is 5.73 Å². The second kappa shape index (κ2) is 5.10. The number of rotatable bonds is 3. The lowest BCUT2D eigenvalue weighted by molar-refractivity contribution is -0.142. The van der Waals surface area contributed by atoms with Crippen molar-refractivity contribution in [1.29, 1.82) is 0 Å². The summed E-state index contributed by atoms with van der Waals surface area (Å²) in [6.45, 7) is 3.22. The minimum atomic E-state index is -4.28. The molecule has 20 heavy (non-hydrogen) atoms. The summed E-state index contributed by atoms with van der Waals surface area (Å²) in [5, 5.41) is 10.9. The van der Waals surface area contributed by atoms with Gasteiger partial charge < -0.3 is 5.73 Å². The number of alkyl halides is 3. The maximum Gasteiger partial charge on any atom is 0.391 e. The van der Waals surface area contributed by atoms with Crippen LogP contribution >= 0.6 is 0 Å². The molecule has 1 heterocycles. The SMILES string of the molecule is Cc1cccc(N)c1-c1nnnn1C(C)CC(F)(F)F. The summed E-state index contributed by atoms with van der Waals surface area (Å²) in [6.07, 6.45) is -5.28. The molecule has 0 aliphatic carbocycles. The van der Waals surface area contributed by atoms with Crippen LogP contribution in [0.4, 0.5) is 18.9 Å². The Bertz CT molecular complexity index is 585. The summed E-state index contributed by atoms with van der Waals surface area (Å²) in [4.78, 5) is 0. The van der Waals surface area contributed by atoms with Gasteiger partial charge in [0.25, 0.3) is 0 Å². The summed E-state index contributed by atoms with van der Waals surface area (Å²) in [5.74, 6) is 0.248. The van der Waals surface area contributed by atoms with E-state index in [1.165, 1.54) is 6.92 Å². The number of hydrogen-bond donors (Lipinski definition) is 1. The minimum Gasteiger partial charge on any atom is -0.398 e. The number of nitrogens with two attached hydrogens (primary N) is 1. The average molecular weight is 285 g/mol. The number of tetrazole rings is 1. The molecule has 0 saturated heterocycles. The predicted octanol–water partition coefficient (Wildman–Crippen LogP) is 2.74. The van der Waals surface area contributed by atoms with Crippen LogP contribution in [0.3, 0.4) is 0 Å². The third-order valence-electron chi connectivity index (χ3n) is 2.97. The van der Waals surface area contributed by atoms with Crippen molar-refractivity contribution in [2.75, 3.05) is 5.73 Å². The van der Waals surface area contributed by atoms with Crippen molar-refractivity contribution >= 4 is 5.69 Å². The van der Waals surface area contributed by atoms with E-state index in [0.29, 0.717) is 11.3 Å². The zero-order valence-electron chi connectivity index (χ0n) is 11.0. The monoisotopic (exact) mass is 285 g/mol. The molecular formula is C12H14F3N5. The molecule has 0 amide bonds. The Morgan fingerprint density at radius 1 is 1.35 bits per heavy atom. The summed E-state index contributed by atoms with van der Waals surface area (Å²) >= 11 is 0. The highest BCUT2D eigenvalue weighted by atomic mass is 19.4. The van der Waals surface area contributed by atoms with E-state index in [1.807, 2.05) is 0 Å². The molecule has 0 radical (unpaired) electrons. The number of halogens is 3. The van der Waals surface area contributed by atoms with Gasteiger partial charge in [0, 0.05) is 11.3 Å². The number of anilines is 1. The number of aromatic nitrogens is 4. The molecule has 2 N–H and O–H groups in total. The van der Waals surface area contributed by atoms with Crippen LogP contribution in [0.15, 0.2) is 18.2 Å². The first-order valence-corrected chi connectivity index (χ1v) is 5.99. The lowest BCUT2D eigenvalue weighted by atomic mass is 10.1. The second-order valence-electron chi connectivity index (χ2n) is 4.65. The molecule has 108 valence electrons. The maximum absolute atomic E-state index is 12.5. The van der Waals surface area contributed by atoms with Crippen molar-refractivity contribution in [3.05, 3.63) is 23.8 Å². The molecule has 1 unspecified atom stereocenters. The van der Waals surface area contributed by atoms with Gasteiger partial charge in [-0.2, -0.15) is 13.2 Å². The van der Waals surface area contributed by atoms with Gasteiger partial charge in [0.1, 0.15) is 0 Å². The average Bonchev–Trinajstić information content (AvgIpc) is 2.75. The molecule has 2 rings (SSSR count). The van der Waals surface area contributed by atoms with E-state index in [0.717, 1.165) is 10.2 Å². The van der Waals surface area contributed by atoms with Crippen LogP contribution in [0.1, 0.15) is 24.9 Å². The Balaban J connectivity index is 2.43. The third kappa shape index (κ3) is 2.89. The van der Waals surface area contributed by atoms with Gasteiger partial charge in [-0.3, -0.25) is 0 Å². The molecule has 8 heteroatoms. The van der Waals surface area contributed by atoms with Gasteiger partial charge in [0.15, 0.2) is 5.82 Å². The van der Waals surface area contributed by atoms with Gasteiger partial charge in [-0.15, -0.1) is 5.10 Å². The van der Waals surface area contributed by atoms with Crippen molar-refractivity contribution < 1.29 is 13.2 Å². The van der Waals surface area contributed by atoms with Crippen LogP contribution in [0, 0.1) is 6.92 Å². The standard InChI is InChI=1S/C12H14F3N5/c1-7-4-3-5-9(16)10(7)11-17-18-19-20(11)8(2)6-12(13,14)15/h3-5,8H,6,16H2,1-2H3.